The smallest absolute Gasteiger partial charge is 0.251 e. The molecular formula is C29H38FN3O3. The number of rotatable bonds is 9. The van der Waals surface area contributed by atoms with Gasteiger partial charge in [0.2, 0.25) is 5.91 Å². The molecule has 0 saturated carbocycles. The van der Waals surface area contributed by atoms with Crippen LogP contribution in [0.3, 0.4) is 0 Å². The van der Waals surface area contributed by atoms with Crippen LogP contribution in [-0.2, 0) is 16.1 Å². The van der Waals surface area contributed by atoms with Crippen molar-refractivity contribution in [3.8, 4) is 0 Å². The third-order valence-electron chi connectivity index (χ3n) is 7.74. The van der Waals surface area contributed by atoms with Crippen molar-refractivity contribution in [2.75, 3.05) is 13.7 Å². The summed E-state index contributed by atoms with van der Waals surface area (Å²) in [5.41, 5.74) is 1.30. The molecule has 1 aliphatic heterocycles. The summed E-state index contributed by atoms with van der Waals surface area (Å²) in [4.78, 5) is 27.8. The summed E-state index contributed by atoms with van der Waals surface area (Å²) < 4.78 is 19.9. The first-order valence-electron chi connectivity index (χ1n) is 12.6. The van der Waals surface area contributed by atoms with Gasteiger partial charge in [-0.15, -0.1) is 0 Å². The van der Waals surface area contributed by atoms with Crippen molar-refractivity contribution in [3.63, 3.8) is 0 Å². The van der Waals surface area contributed by atoms with Gasteiger partial charge in [0.15, 0.2) is 0 Å². The maximum atomic E-state index is 14.6. The van der Waals surface area contributed by atoms with Crippen molar-refractivity contribution in [1.29, 1.82) is 5.41 Å². The molecule has 0 aliphatic carbocycles. The van der Waals surface area contributed by atoms with E-state index >= 15 is 0 Å². The number of amidine groups is 1. The summed E-state index contributed by atoms with van der Waals surface area (Å²) in [7, 11) is 1.56. The van der Waals surface area contributed by atoms with Gasteiger partial charge in [0.05, 0.1) is 19.2 Å². The molecule has 2 N–H and O–H groups in total. The van der Waals surface area contributed by atoms with E-state index in [9.17, 15) is 14.0 Å². The van der Waals surface area contributed by atoms with Crippen LogP contribution in [0.2, 0.25) is 0 Å². The minimum atomic E-state index is -0.562. The molecule has 0 bridgehead atoms. The lowest BCUT2D eigenvalue weighted by Gasteiger charge is -2.38. The molecule has 1 saturated heterocycles. The highest BCUT2D eigenvalue weighted by Gasteiger charge is 2.43. The Kier molecular flexibility index (Phi) is 9.01. The number of hydrogen-bond acceptors (Lipinski definition) is 4. The Balaban J connectivity index is 1.83. The molecule has 2 aromatic rings. The highest BCUT2D eigenvalue weighted by Crippen LogP contribution is 2.45. The molecule has 3 atom stereocenters. The summed E-state index contributed by atoms with van der Waals surface area (Å²) in [6.45, 7) is 8.81. The average molecular weight is 496 g/mol. The van der Waals surface area contributed by atoms with E-state index in [-0.39, 0.29) is 47.7 Å². The first kappa shape index (κ1) is 27.5. The fraction of sp³-hybridized carbons (Fsp3) is 0.483. The van der Waals surface area contributed by atoms with E-state index in [2.05, 4.69) is 33.0 Å². The van der Waals surface area contributed by atoms with E-state index in [1.807, 2.05) is 30.3 Å². The SMILES string of the molecule is CCC1CC(=N)N(Cc2cc(F)cc(C(=O)NC(COC)c3ccccc3)c2)C(=O)CC1(C)C(C)C. The highest BCUT2D eigenvalue weighted by atomic mass is 19.1. The predicted octanol–water partition coefficient (Wildman–Crippen LogP) is 5.73. The predicted molar refractivity (Wildman–Crippen MR) is 139 cm³/mol. The number of carbonyl (C=O) groups is 2. The van der Waals surface area contributed by atoms with Gasteiger partial charge in [-0.2, -0.15) is 0 Å². The summed E-state index contributed by atoms with van der Waals surface area (Å²) in [5, 5.41) is 11.6. The largest absolute Gasteiger partial charge is 0.382 e. The molecule has 1 fully saturated rings. The zero-order valence-corrected chi connectivity index (χ0v) is 21.9. The van der Waals surface area contributed by atoms with Crippen LogP contribution in [0.1, 0.15) is 74.5 Å². The molecule has 2 amide bonds. The monoisotopic (exact) mass is 495 g/mol. The zero-order chi connectivity index (χ0) is 26.5. The van der Waals surface area contributed by atoms with Gasteiger partial charge >= 0.3 is 0 Å². The molecule has 36 heavy (non-hydrogen) atoms. The lowest BCUT2D eigenvalue weighted by Crippen LogP contribution is -2.36. The van der Waals surface area contributed by atoms with E-state index in [0.717, 1.165) is 12.0 Å². The fourth-order valence-electron chi connectivity index (χ4n) is 5.13. The van der Waals surface area contributed by atoms with Gasteiger partial charge in [0.25, 0.3) is 5.91 Å². The van der Waals surface area contributed by atoms with Crippen molar-refractivity contribution >= 4 is 17.6 Å². The Morgan fingerprint density at radius 3 is 2.56 bits per heavy atom. The molecule has 1 heterocycles. The number of nitrogens with one attached hydrogen (secondary N) is 2. The van der Waals surface area contributed by atoms with E-state index in [0.29, 0.717) is 18.4 Å². The summed E-state index contributed by atoms with van der Waals surface area (Å²) in [5.74, 6) is -0.385. The molecule has 1 aliphatic rings. The van der Waals surface area contributed by atoms with Gasteiger partial charge in [-0.1, -0.05) is 64.4 Å². The van der Waals surface area contributed by atoms with Gasteiger partial charge in [-0.3, -0.25) is 19.9 Å². The Labute approximate surface area is 213 Å². The second-order valence-electron chi connectivity index (χ2n) is 10.3. The van der Waals surface area contributed by atoms with E-state index < -0.39 is 17.8 Å². The molecule has 7 heteroatoms. The molecule has 3 unspecified atom stereocenters. The number of halogens is 1. The van der Waals surface area contributed by atoms with Crippen molar-refractivity contribution in [1.82, 2.24) is 10.2 Å². The van der Waals surface area contributed by atoms with Crippen LogP contribution in [0.25, 0.3) is 0 Å². The van der Waals surface area contributed by atoms with Crippen molar-refractivity contribution in [3.05, 3.63) is 71.0 Å². The van der Waals surface area contributed by atoms with Gasteiger partial charge in [-0.25, -0.2) is 4.39 Å². The average Bonchev–Trinajstić information content (AvgIpc) is 2.93. The summed E-state index contributed by atoms with van der Waals surface area (Å²) in [6, 6.07) is 13.2. The first-order valence-corrected chi connectivity index (χ1v) is 12.6. The molecular weight excluding hydrogens is 457 g/mol. The number of methoxy groups -OCH3 is 1. The minimum absolute atomic E-state index is 0.0561. The van der Waals surface area contributed by atoms with Crippen LogP contribution in [0, 0.1) is 28.5 Å². The van der Waals surface area contributed by atoms with Gasteiger partial charge < -0.3 is 10.1 Å². The van der Waals surface area contributed by atoms with Crippen molar-refractivity contribution in [2.45, 2.75) is 59.5 Å². The molecule has 0 aromatic heterocycles. The molecule has 2 aromatic carbocycles. The number of hydrogen-bond donors (Lipinski definition) is 2. The number of likely N-dealkylation sites (tertiary alicyclic amines) is 1. The van der Waals surface area contributed by atoms with Crippen molar-refractivity contribution in [2.24, 2.45) is 17.3 Å². The molecule has 0 spiro atoms. The van der Waals surface area contributed by atoms with E-state index in [1.54, 1.807) is 13.2 Å². The fourth-order valence-corrected chi connectivity index (χ4v) is 5.13. The normalized spacial score (nSPS) is 21.4. The third-order valence-corrected chi connectivity index (χ3v) is 7.74. The van der Waals surface area contributed by atoms with Gasteiger partial charge in [0, 0.05) is 25.5 Å². The third kappa shape index (κ3) is 6.19. The van der Waals surface area contributed by atoms with Crippen LogP contribution in [-0.4, -0.2) is 36.3 Å². The lowest BCUT2D eigenvalue weighted by molar-refractivity contribution is -0.131. The summed E-state index contributed by atoms with van der Waals surface area (Å²) >= 11 is 0. The molecule has 194 valence electrons. The van der Waals surface area contributed by atoms with E-state index in [1.165, 1.54) is 17.0 Å². The van der Waals surface area contributed by atoms with Crippen LogP contribution in [0.4, 0.5) is 4.39 Å². The lowest BCUT2D eigenvalue weighted by atomic mass is 9.65. The summed E-state index contributed by atoms with van der Waals surface area (Å²) in [6.07, 6.45) is 1.71. The number of ether oxygens (including phenoxy) is 1. The molecule has 0 radical (unpaired) electrons. The second-order valence-corrected chi connectivity index (χ2v) is 10.3. The van der Waals surface area contributed by atoms with Crippen LogP contribution in [0.15, 0.2) is 48.5 Å². The molecule has 6 nitrogen and oxygen atoms in total. The number of nitrogens with zero attached hydrogens (tertiary/aromatic N) is 1. The van der Waals surface area contributed by atoms with E-state index in [4.69, 9.17) is 10.1 Å². The quantitative estimate of drug-likeness (QED) is 0.466. The van der Waals surface area contributed by atoms with Crippen LogP contribution >= 0.6 is 0 Å². The number of carbonyl (C=O) groups excluding carboxylic acids is 2. The number of amides is 2. The van der Waals surface area contributed by atoms with Crippen LogP contribution < -0.4 is 5.32 Å². The standard InChI is InChI=1S/C29H38FN3O3/c1-6-23-15-26(31)33(27(34)16-29(23,4)19(2)3)17-20-12-22(14-24(30)13-20)28(35)32-25(18-36-5)21-10-8-7-9-11-21/h7-14,19,23,25,31H,6,15-18H2,1-5H3,(H,32,35). The van der Waals surface area contributed by atoms with Crippen molar-refractivity contribution < 1.29 is 18.7 Å². The van der Waals surface area contributed by atoms with Crippen LogP contribution in [0.5, 0.6) is 0 Å². The Morgan fingerprint density at radius 1 is 1.25 bits per heavy atom. The molecule has 3 rings (SSSR count). The first-order chi connectivity index (χ1) is 17.1. The second kappa shape index (κ2) is 11.8. The Bertz CT molecular complexity index is 1090. The zero-order valence-electron chi connectivity index (χ0n) is 21.9. The maximum absolute atomic E-state index is 14.6. The van der Waals surface area contributed by atoms with Gasteiger partial charge in [-0.05, 0) is 46.6 Å². The number of benzene rings is 2. The Morgan fingerprint density at radius 2 is 1.94 bits per heavy atom. The highest BCUT2D eigenvalue weighted by molar-refractivity contribution is 5.98. The van der Waals surface area contributed by atoms with Gasteiger partial charge in [0.1, 0.15) is 11.7 Å². The minimum Gasteiger partial charge on any atom is -0.382 e. The Hall–Kier alpha value is -3.06. The maximum Gasteiger partial charge on any atom is 0.251 e. The topological polar surface area (TPSA) is 82.5 Å².